The van der Waals surface area contributed by atoms with Gasteiger partial charge in [-0.1, -0.05) is 20.8 Å². The number of nitrogens with zero attached hydrogens (tertiary/aromatic N) is 1. The summed E-state index contributed by atoms with van der Waals surface area (Å²) in [6, 6.07) is 0.540. The van der Waals surface area contributed by atoms with E-state index < -0.39 is 0 Å². The van der Waals surface area contributed by atoms with Crippen LogP contribution in [0.25, 0.3) is 0 Å². The second kappa shape index (κ2) is 7.17. The molecular formula is C13H22N2S3. The first kappa shape index (κ1) is 14.7. The Kier molecular flexibility index (Phi) is 5.86. The van der Waals surface area contributed by atoms with Gasteiger partial charge in [0, 0.05) is 40.4 Å². The average molecular weight is 303 g/mol. The van der Waals surface area contributed by atoms with Crippen molar-refractivity contribution in [3.05, 3.63) is 16.1 Å². The largest absolute Gasteiger partial charge is 0.310 e. The first-order chi connectivity index (χ1) is 8.70. The van der Waals surface area contributed by atoms with E-state index in [1.54, 1.807) is 0 Å². The molecule has 1 fully saturated rings. The summed E-state index contributed by atoms with van der Waals surface area (Å²) in [5.74, 6) is 2.57. The molecule has 0 amide bonds. The SMILES string of the molecule is CCC1SCCSC1c1ncc(CNC(C)C)s1. The lowest BCUT2D eigenvalue weighted by Gasteiger charge is -2.28. The minimum absolute atomic E-state index is 0.540. The van der Waals surface area contributed by atoms with Crippen LogP contribution in [0.4, 0.5) is 0 Å². The van der Waals surface area contributed by atoms with Crippen LogP contribution in [0.1, 0.15) is 42.3 Å². The molecule has 2 atom stereocenters. The molecule has 0 saturated carbocycles. The minimum Gasteiger partial charge on any atom is -0.310 e. The van der Waals surface area contributed by atoms with Crippen molar-refractivity contribution in [2.24, 2.45) is 0 Å². The van der Waals surface area contributed by atoms with Crippen molar-refractivity contribution in [3.63, 3.8) is 0 Å². The highest BCUT2D eigenvalue weighted by atomic mass is 32.2. The van der Waals surface area contributed by atoms with Crippen LogP contribution in [-0.4, -0.2) is 27.8 Å². The number of hydrogen-bond acceptors (Lipinski definition) is 5. The lowest BCUT2D eigenvalue weighted by atomic mass is 10.2. The van der Waals surface area contributed by atoms with Crippen molar-refractivity contribution in [1.29, 1.82) is 0 Å². The highest BCUT2D eigenvalue weighted by Gasteiger charge is 2.28. The zero-order chi connectivity index (χ0) is 13.0. The highest BCUT2D eigenvalue weighted by molar-refractivity contribution is 8.06. The standard InChI is InChI=1S/C13H22N2S3/c1-4-11-12(17-6-5-16-11)13-15-8-10(18-13)7-14-9(2)3/h8-9,11-12,14H,4-7H2,1-3H3. The van der Waals surface area contributed by atoms with Crippen LogP contribution in [0, 0.1) is 0 Å². The predicted molar refractivity (Wildman–Crippen MR) is 85.8 cm³/mol. The Morgan fingerprint density at radius 3 is 2.89 bits per heavy atom. The Labute approximate surface area is 123 Å². The third-order valence-electron chi connectivity index (χ3n) is 2.95. The fourth-order valence-corrected chi connectivity index (χ4v) is 6.27. The van der Waals surface area contributed by atoms with E-state index in [9.17, 15) is 0 Å². The molecule has 0 spiro atoms. The molecule has 0 radical (unpaired) electrons. The number of hydrogen-bond donors (Lipinski definition) is 1. The van der Waals surface area contributed by atoms with Gasteiger partial charge in [0.2, 0.25) is 0 Å². The topological polar surface area (TPSA) is 24.9 Å². The van der Waals surface area contributed by atoms with Crippen molar-refractivity contribution in [2.75, 3.05) is 11.5 Å². The van der Waals surface area contributed by atoms with E-state index in [1.165, 1.54) is 27.8 Å². The van der Waals surface area contributed by atoms with E-state index in [1.807, 2.05) is 11.3 Å². The number of rotatable bonds is 5. The summed E-state index contributed by atoms with van der Waals surface area (Å²) in [5, 5.41) is 6.16. The summed E-state index contributed by atoms with van der Waals surface area (Å²) in [5.41, 5.74) is 0. The van der Waals surface area contributed by atoms with Gasteiger partial charge in [0.05, 0.1) is 5.25 Å². The molecular weight excluding hydrogens is 280 g/mol. The van der Waals surface area contributed by atoms with Gasteiger partial charge in [-0.3, -0.25) is 0 Å². The van der Waals surface area contributed by atoms with Crippen LogP contribution in [0.2, 0.25) is 0 Å². The minimum atomic E-state index is 0.540. The van der Waals surface area contributed by atoms with Gasteiger partial charge in [-0.2, -0.15) is 11.8 Å². The molecule has 1 N–H and O–H groups in total. The van der Waals surface area contributed by atoms with Crippen LogP contribution in [0.15, 0.2) is 6.20 Å². The molecule has 18 heavy (non-hydrogen) atoms. The first-order valence-electron chi connectivity index (χ1n) is 6.62. The maximum atomic E-state index is 4.66. The van der Waals surface area contributed by atoms with E-state index in [-0.39, 0.29) is 0 Å². The van der Waals surface area contributed by atoms with Crippen molar-refractivity contribution < 1.29 is 0 Å². The van der Waals surface area contributed by atoms with Gasteiger partial charge in [-0.25, -0.2) is 4.98 Å². The smallest absolute Gasteiger partial charge is 0.107 e. The number of aromatic nitrogens is 1. The van der Waals surface area contributed by atoms with E-state index >= 15 is 0 Å². The summed E-state index contributed by atoms with van der Waals surface area (Å²) in [4.78, 5) is 6.03. The summed E-state index contributed by atoms with van der Waals surface area (Å²) < 4.78 is 0. The fraction of sp³-hybridized carbons (Fsp3) is 0.769. The molecule has 102 valence electrons. The molecule has 5 heteroatoms. The molecule has 2 unspecified atom stereocenters. The van der Waals surface area contributed by atoms with E-state index in [0.29, 0.717) is 11.3 Å². The van der Waals surface area contributed by atoms with Crippen LogP contribution >= 0.6 is 34.9 Å². The fourth-order valence-electron chi connectivity index (χ4n) is 1.97. The monoisotopic (exact) mass is 302 g/mol. The second-order valence-electron chi connectivity index (χ2n) is 4.81. The Morgan fingerprint density at radius 1 is 1.39 bits per heavy atom. The highest BCUT2D eigenvalue weighted by Crippen LogP contribution is 2.45. The third-order valence-corrected chi connectivity index (χ3v) is 7.44. The number of nitrogens with one attached hydrogen (secondary N) is 1. The average Bonchev–Trinajstić information content (AvgIpc) is 2.85. The van der Waals surface area contributed by atoms with Crippen LogP contribution in [-0.2, 0) is 6.54 Å². The van der Waals surface area contributed by atoms with E-state index in [4.69, 9.17) is 0 Å². The summed E-state index contributed by atoms with van der Waals surface area (Å²) in [6.07, 6.45) is 3.31. The zero-order valence-corrected chi connectivity index (χ0v) is 13.8. The Bertz CT molecular complexity index is 365. The van der Waals surface area contributed by atoms with E-state index in [2.05, 4.69) is 60.8 Å². The van der Waals surface area contributed by atoms with Gasteiger partial charge in [0.1, 0.15) is 5.01 Å². The lowest BCUT2D eigenvalue weighted by Crippen LogP contribution is -2.21. The Balaban J connectivity index is 1.99. The van der Waals surface area contributed by atoms with Crippen molar-refractivity contribution >= 4 is 34.9 Å². The van der Waals surface area contributed by atoms with Crippen molar-refractivity contribution in [1.82, 2.24) is 10.3 Å². The van der Waals surface area contributed by atoms with Crippen LogP contribution in [0.5, 0.6) is 0 Å². The Morgan fingerprint density at radius 2 is 2.17 bits per heavy atom. The quantitative estimate of drug-likeness (QED) is 0.890. The number of thiazole rings is 1. The molecule has 2 rings (SSSR count). The maximum Gasteiger partial charge on any atom is 0.107 e. The molecule has 1 aromatic heterocycles. The summed E-state index contributed by atoms with van der Waals surface area (Å²) in [7, 11) is 0. The van der Waals surface area contributed by atoms with Gasteiger partial charge in [0.15, 0.2) is 0 Å². The summed E-state index contributed by atoms with van der Waals surface area (Å²) in [6.45, 7) is 7.62. The zero-order valence-electron chi connectivity index (χ0n) is 11.3. The lowest BCUT2D eigenvalue weighted by molar-refractivity contribution is 0.593. The van der Waals surface area contributed by atoms with E-state index in [0.717, 1.165) is 11.8 Å². The third kappa shape index (κ3) is 3.89. The Hall–Kier alpha value is 0.290. The molecule has 0 aromatic carbocycles. The predicted octanol–water partition coefficient (Wildman–Crippen LogP) is 3.94. The molecule has 1 aliphatic rings. The van der Waals surface area contributed by atoms with Gasteiger partial charge in [-0.15, -0.1) is 23.1 Å². The van der Waals surface area contributed by atoms with Gasteiger partial charge >= 0.3 is 0 Å². The molecule has 2 heterocycles. The van der Waals surface area contributed by atoms with Crippen molar-refractivity contribution in [3.8, 4) is 0 Å². The molecule has 0 bridgehead atoms. The van der Waals surface area contributed by atoms with Gasteiger partial charge < -0.3 is 5.32 Å². The first-order valence-corrected chi connectivity index (χ1v) is 9.53. The molecule has 1 aromatic rings. The van der Waals surface area contributed by atoms with Crippen LogP contribution < -0.4 is 5.32 Å². The normalized spacial score (nSPS) is 24.7. The maximum absolute atomic E-state index is 4.66. The summed E-state index contributed by atoms with van der Waals surface area (Å²) >= 11 is 6.11. The molecule has 0 aliphatic carbocycles. The molecule has 1 saturated heterocycles. The van der Waals surface area contributed by atoms with Crippen molar-refractivity contribution in [2.45, 2.75) is 50.3 Å². The molecule has 1 aliphatic heterocycles. The van der Waals surface area contributed by atoms with Crippen LogP contribution in [0.3, 0.4) is 0 Å². The molecule has 2 nitrogen and oxygen atoms in total. The second-order valence-corrected chi connectivity index (χ2v) is 8.55. The van der Waals surface area contributed by atoms with Gasteiger partial charge in [-0.05, 0) is 6.42 Å². The number of thioether (sulfide) groups is 2. The van der Waals surface area contributed by atoms with Gasteiger partial charge in [0.25, 0.3) is 0 Å².